The average Bonchev–Trinajstić information content (AvgIpc) is 0.797. The van der Waals surface area contributed by atoms with Crippen LogP contribution in [0.2, 0.25) is 0 Å². The van der Waals surface area contributed by atoms with Gasteiger partial charge in [-0.3, -0.25) is 57.8 Å². The molecule has 0 spiro atoms. The number of hydrogen-bond acceptors (Lipinski definition) is 17. The monoisotopic (exact) mass is 2070 g/mol. The summed E-state index contributed by atoms with van der Waals surface area (Å²) in [6.07, 6.45) is -0.961. The van der Waals surface area contributed by atoms with Crippen LogP contribution in [0.3, 0.4) is 0 Å². The number of rotatable bonds is 25. The van der Waals surface area contributed by atoms with E-state index in [1.807, 2.05) is 190 Å². The van der Waals surface area contributed by atoms with Gasteiger partial charge in [0.25, 0.3) is 23.6 Å². The maximum absolute atomic E-state index is 13.4. The number of likely N-dealkylation sites (N-methyl/N-ethyl adjacent to an activating group) is 1. The maximum atomic E-state index is 13.4. The number of piperazine rings is 1. The summed E-state index contributed by atoms with van der Waals surface area (Å²) in [6, 6.07) is 66.5. The van der Waals surface area contributed by atoms with Gasteiger partial charge >= 0.3 is 36.0 Å². The third-order valence-electron chi connectivity index (χ3n) is 26.3. The van der Waals surface area contributed by atoms with Gasteiger partial charge in [0, 0.05) is 106 Å². The molecule has 24 nitrogen and oxygen atoms in total. The first-order valence-corrected chi connectivity index (χ1v) is 53.0. The van der Waals surface area contributed by atoms with E-state index in [1.165, 1.54) is 45.5 Å². The number of carboxylic acids is 2. The molecule has 1 atom stereocenters. The summed E-state index contributed by atoms with van der Waals surface area (Å²) in [5, 5.41) is 17.6. The highest BCUT2D eigenvalue weighted by atomic mass is 19.4. The number of morpholine rings is 2. The van der Waals surface area contributed by atoms with Gasteiger partial charge in [0.2, 0.25) is 5.91 Å². The fraction of sp³-hybridized carbons (Fsp3) is 0.488. The highest BCUT2D eigenvalue weighted by Gasteiger charge is 2.45. The molecule has 5 saturated heterocycles. The fourth-order valence-electron chi connectivity index (χ4n) is 16.9. The van der Waals surface area contributed by atoms with Crippen molar-refractivity contribution in [3.8, 4) is 0 Å². The second-order valence-corrected chi connectivity index (χ2v) is 41.1. The number of esters is 3. The Balaban J connectivity index is 0.000000259. The summed E-state index contributed by atoms with van der Waals surface area (Å²) < 4.78 is 65.3. The number of benzene rings is 8. The molecule has 14 rings (SSSR count). The van der Waals surface area contributed by atoms with E-state index >= 15 is 0 Å². The minimum Gasteiger partial charge on any atom is -0.481 e. The number of nitrogens with zero attached hydrogens (tertiary/aromatic N) is 7. The molecule has 1 aromatic heterocycles. The predicted molar refractivity (Wildman–Crippen MR) is 588 cm³/mol. The van der Waals surface area contributed by atoms with Crippen molar-refractivity contribution in [3.05, 3.63) is 313 Å². The Hall–Kier alpha value is -12.7. The second kappa shape index (κ2) is 64.7. The van der Waals surface area contributed by atoms with Gasteiger partial charge in [0.05, 0.1) is 77.8 Å². The van der Waals surface area contributed by atoms with Crippen molar-refractivity contribution in [2.24, 2.45) is 11.8 Å². The molecule has 9 aromatic rings. The van der Waals surface area contributed by atoms with Gasteiger partial charge in [0.1, 0.15) is 12.6 Å². The third kappa shape index (κ3) is 43.7. The first-order valence-electron chi connectivity index (χ1n) is 53.0. The Morgan fingerprint density at radius 1 is 0.373 bits per heavy atom. The van der Waals surface area contributed by atoms with Crippen LogP contribution in [-0.4, -0.2) is 236 Å². The normalized spacial score (nSPS) is 14.6. The minimum atomic E-state index is -4.27. The van der Waals surface area contributed by atoms with Crippen LogP contribution in [0.1, 0.15) is 343 Å². The van der Waals surface area contributed by atoms with Crippen molar-refractivity contribution >= 4 is 59.4 Å². The number of ether oxygens (including phenoxy) is 5. The van der Waals surface area contributed by atoms with Gasteiger partial charge in [-0.05, 0) is 227 Å². The number of aromatic nitrogens is 1. The number of amides is 5. The third-order valence-corrected chi connectivity index (χ3v) is 26.3. The van der Waals surface area contributed by atoms with Crippen LogP contribution in [0, 0.1) is 18.8 Å². The SMILES string of the molecule is CC(C)c1cccc(C(=O)N2CCC(C(=O)O)CC2)c1.CC(C)c1cccc(C(=O)N2CCN(C)C(=O)C2)c1.CC(C)c1cccc(C(=O)N2CCOCC2)c1.CC(C)c1cccc(C(N2CCOCC2)C(F)(F)F)c1.CC(C)c1cccc(CC(=O)O)c1.CCOC(=O)C1CCN(C(=O)c2cccc(C(C)C)c2)CC1.CCOC(=O)Cc1cccc(C(C)C)c1.COC(=O)Cc1cccc(C(C)C)c1.Cc1cccc(C(C)C)n1. The van der Waals surface area contributed by atoms with Crippen LogP contribution in [0.5, 0.6) is 0 Å². The van der Waals surface area contributed by atoms with Crippen molar-refractivity contribution < 1.29 is 95.0 Å². The molecular formula is C123H166F3N7O17. The van der Waals surface area contributed by atoms with E-state index in [2.05, 4.69) is 169 Å². The van der Waals surface area contributed by atoms with Crippen molar-refractivity contribution in [2.45, 2.75) is 256 Å². The molecule has 816 valence electrons. The molecule has 0 aliphatic carbocycles. The Kier molecular flexibility index (Phi) is 54.4. The number of carboxylic acid groups (broad SMARTS) is 2. The van der Waals surface area contributed by atoms with E-state index in [9.17, 15) is 61.1 Å². The molecule has 0 saturated carbocycles. The van der Waals surface area contributed by atoms with Crippen molar-refractivity contribution in [1.82, 2.24) is 34.4 Å². The summed E-state index contributed by atoms with van der Waals surface area (Å²) >= 11 is 0. The lowest BCUT2D eigenvalue weighted by Crippen LogP contribution is -2.50. The molecule has 5 aliphatic rings. The van der Waals surface area contributed by atoms with E-state index in [4.69, 9.17) is 29.2 Å². The zero-order valence-electron chi connectivity index (χ0n) is 92.9. The van der Waals surface area contributed by atoms with Crippen LogP contribution >= 0.6 is 0 Å². The molecular weight excluding hydrogens is 1900 g/mol. The molecule has 0 radical (unpaired) electrons. The molecule has 150 heavy (non-hydrogen) atoms. The molecule has 5 fully saturated rings. The summed E-state index contributed by atoms with van der Waals surface area (Å²) in [6.45, 7) is 52.2. The van der Waals surface area contributed by atoms with Crippen molar-refractivity contribution in [2.75, 3.05) is 126 Å². The van der Waals surface area contributed by atoms with Gasteiger partial charge in [-0.1, -0.05) is 276 Å². The van der Waals surface area contributed by atoms with Crippen molar-refractivity contribution in [1.29, 1.82) is 0 Å². The number of methoxy groups -OCH3 is 1. The molecule has 5 amide bonds. The zero-order valence-corrected chi connectivity index (χ0v) is 92.9. The molecule has 8 aromatic carbocycles. The van der Waals surface area contributed by atoms with Gasteiger partial charge in [0.15, 0.2) is 0 Å². The van der Waals surface area contributed by atoms with Crippen molar-refractivity contribution in [3.63, 3.8) is 0 Å². The van der Waals surface area contributed by atoms with Crippen LogP contribution in [-0.2, 0) is 71.7 Å². The molecule has 6 heterocycles. The van der Waals surface area contributed by atoms with E-state index in [1.54, 1.807) is 39.9 Å². The van der Waals surface area contributed by atoms with Gasteiger partial charge in [-0.15, -0.1) is 0 Å². The van der Waals surface area contributed by atoms with E-state index in [0.29, 0.717) is 208 Å². The minimum absolute atomic E-state index is 0.000357. The van der Waals surface area contributed by atoms with Gasteiger partial charge in [-0.2, -0.15) is 13.2 Å². The van der Waals surface area contributed by atoms with Gasteiger partial charge in [-0.25, -0.2) is 0 Å². The standard InChI is InChI=1S/C18H25NO3.C16H21NO3.C15H20F3NO.C15H20N2O2.C14H19NO2.C13H18O2.C12H16O2.C11H14O2.C9H13N/c1-4-22-18(21)14-8-10-19(11-9-14)17(20)16-7-5-6-15(12-16)13(2)3;1-11(2)13-4-3-5-14(10-13)15(18)17-8-6-12(7-9-17)16(19)20;1-11(2)12-4-3-5-13(10-12)14(15(16,17)18)19-6-8-20-9-7-19;1-11(2)12-5-4-6-13(9-12)15(19)17-8-7-16(3)14(18)10-17;1-11(2)12-4-3-5-13(10-12)14(16)15-6-8-17-9-7-15;1-4-15-13(14)9-11-6-5-7-12(8-11)10(2)3;1-9(2)11-6-4-5-10(7-11)8-12(13)14-3;1-8(2)10-5-3-4-9(6-10)7-11(12)13;1-7(2)9-6-4-5-8(3)10-9/h5-7,12-14H,4,8-11H2,1-3H3;3-5,10-12H,6-9H2,1-2H3,(H,19,20);3-5,10-11,14H,6-9H2,1-2H3;4-6,9,11H,7-8,10H2,1-3H3;3-5,10-11H,6-9H2,1-2H3;5-8,10H,4,9H2,1-3H3;4-7,9H,8H2,1-3H3;3-6,8H,7H2,1-2H3,(H,12,13);4-7H,1-3H3. The number of pyridine rings is 1. The number of carbonyl (C=O) groups is 10. The number of aliphatic carboxylic acids is 2. The number of alkyl halides is 3. The topological polar surface area (TPSA) is 290 Å². The van der Waals surface area contributed by atoms with E-state index in [-0.39, 0.29) is 78.2 Å². The Morgan fingerprint density at radius 2 is 0.693 bits per heavy atom. The molecule has 0 bridgehead atoms. The summed E-state index contributed by atoms with van der Waals surface area (Å²) in [7, 11) is 3.18. The quantitative estimate of drug-likeness (QED) is 0.0397. The largest absolute Gasteiger partial charge is 0.481 e. The van der Waals surface area contributed by atoms with E-state index < -0.39 is 24.2 Å². The summed E-state index contributed by atoms with van der Waals surface area (Å²) in [5.41, 5.74) is 17.7. The smallest absolute Gasteiger partial charge is 0.408 e. The number of halogens is 3. The first-order chi connectivity index (χ1) is 71.1. The highest BCUT2D eigenvalue weighted by Crippen LogP contribution is 2.40. The maximum Gasteiger partial charge on any atom is 0.408 e. The highest BCUT2D eigenvalue weighted by molar-refractivity contribution is 5.98. The molecule has 1 unspecified atom stereocenters. The zero-order chi connectivity index (χ0) is 111. The van der Waals surface area contributed by atoms with Crippen LogP contribution in [0.4, 0.5) is 13.2 Å². The lowest BCUT2D eigenvalue weighted by atomic mass is 9.95. The first kappa shape index (κ1) is 126. The molecule has 5 aliphatic heterocycles. The Labute approximate surface area is 889 Å². The number of aryl methyl sites for hydroxylation is 1. The number of likely N-dealkylation sites (tertiary alicyclic amines) is 2. The lowest BCUT2D eigenvalue weighted by Gasteiger charge is -2.36. The van der Waals surface area contributed by atoms with E-state index in [0.717, 1.165) is 50.2 Å². The molecule has 27 heteroatoms. The lowest BCUT2D eigenvalue weighted by molar-refractivity contribution is -0.194. The number of piperidine rings is 2. The number of hydrogen-bond donors (Lipinski definition) is 2. The summed E-state index contributed by atoms with van der Waals surface area (Å²) in [4.78, 5) is 131. The van der Waals surface area contributed by atoms with Gasteiger partial charge < -0.3 is 58.4 Å². The van der Waals surface area contributed by atoms with Crippen LogP contribution < -0.4 is 0 Å². The Morgan fingerprint density at radius 3 is 1.03 bits per heavy atom. The van der Waals surface area contributed by atoms with Crippen LogP contribution in [0.15, 0.2) is 212 Å². The second-order valence-electron chi connectivity index (χ2n) is 41.1. The molecule has 2 N–H and O–H groups in total. The predicted octanol–water partition coefficient (Wildman–Crippen LogP) is 24.1. The number of carbonyl (C=O) groups excluding carboxylic acids is 8. The Bertz CT molecular complexity index is 5710. The average molecular weight is 2070 g/mol. The fourth-order valence-corrected chi connectivity index (χ4v) is 16.9. The van der Waals surface area contributed by atoms with Crippen LogP contribution in [0.25, 0.3) is 0 Å². The summed E-state index contributed by atoms with van der Waals surface area (Å²) in [5.74, 6) is 1.60.